The summed E-state index contributed by atoms with van der Waals surface area (Å²) in [4.78, 5) is 12.5. The van der Waals surface area contributed by atoms with Crippen molar-refractivity contribution in [2.75, 3.05) is 18.5 Å². The summed E-state index contributed by atoms with van der Waals surface area (Å²) in [5.74, 6) is 0.583. The Labute approximate surface area is 153 Å². The molecule has 1 aromatic heterocycles. The van der Waals surface area contributed by atoms with Crippen molar-refractivity contribution >= 4 is 24.0 Å². The Bertz CT molecular complexity index is 742. The van der Waals surface area contributed by atoms with E-state index >= 15 is 0 Å². The lowest BCUT2D eigenvalue weighted by atomic mass is 10.1. The molecule has 1 amide bonds. The number of halogens is 1. The van der Waals surface area contributed by atoms with Crippen molar-refractivity contribution in [1.82, 2.24) is 15.5 Å². The molecule has 25 heavy (non-hydrogen) atoms. The second kappa shape index (κ2) is 7.99. The topological polar surface area (TPSA) is 79.0 Å². The minimum Gasteiger partial charge on any atom is -0.376 e. The van der Waals surface area contributed by atoms with E-state index in [1.807, 2.05) is 24.3 Å². The van der Waals surface area contributed by atoms with E-state index in [9.17, 15) is 4.79 Å². The molecule has 2 aromatic rings. The summed E-state index contributed by atoms with van der Waals surface area (Å²) < 4.78 is 5.71. The zero-order chi connectivity index (χ0) is 16.4. The lowest BCUT2D eigenvalue weighted by Gasteiger charge is -2.13. The fourth-order valence-electron chi connectivity index (χ4n) is 2.97. The third-order valence-electron chi connectivity index (χ3n) is 4.53. The predicted octanol–water partition coefficient (Wildman–Crippen LogP) is 2.66. The summed E-state index contributed by atoms with van der Waals surface area (Å²) in [5, 5.41) is 13.4. The van der Waals surface area contributed by atoms with E-state index in [4.69, 9.17) is 4.74 Å². The van der Waals surface area contributed by atoms with Gasteiger partial charge in [0.05, 0.1) is 6.61 Å². The molecule has 7 heteroatoms. The number of rotatable bonds is 6. The van der Waals surface area contributed by atoms with Crippen molar-refractivity contribution < 1.29 is 9.53 Å². The molecular weight excluding hydrogens is 340 g/mol. The summed E-state index contributed by atoms with van der Waals surface area (Å²) in [7, 11) is 0. The van der Waals surface area contributed by atoms with Gasteiger partial charge in [-0.1, -0.05) is 12.1 Å². The zero-order valence-corrected chi connectivity index (χ0v) is 14.8. The van der Waals surface area contributed by atoms with Crippen LogP contribution in [-0.2, 0) is 24.3 Å². The first-order valence-corrected chi connectivity index (χ1v) is 8.54. The number of aromatic amines is 1. The zero-order valence-electron chi connectivity index (χ0n) is 14.0. The molecule has 0 spiro atoms. The van der Waals surface area contributed by atoms with Crippen molar-refractivity contribution in [2.45, 2.75) is 32.4 Å². The average molecular weight is 363 g/mol. The Hall–Kier alpha value is -1.89. The molecule has 0 bridgehead atoms. The summed E-state index contributed by atoms with van der Waals surface area (Å²) in [6, 6.07) is 7.80. The third-order valence-corrected chi connectivity index (χ3v) is 4.53. The predicted molar refractivity (Wildman–Crippen MR) is 98.0 cm³/mol. The number of H-pyrrole nitrogens is 1. The Morgan fingerprint density at radius 1 is 1.36 bits per heavy atom. The van der Waals surface area contributed by atoms with Gasteiger partial charge in [0.1, 0.15) is 0 Å². The van der Waals surface area contributed by atoms with Gasteiger partial charge >= 0.3 is 0 Å². The second-order valence-electron chi connectivity index (χ2n) is 6.57. The number of benzene rings is 1. The van der Waals surface area contributed by atoms with E-state index < -0.39 is 0 Å². The normalized spacial score (nSPS) is 16.0. The number of carbonyl (C=O) groups excluding carboxylic acids is 1. The first-order valence-electron chi connectivity index (χ1n) is 8.54. The molecule has 1 fully saturated rings. The SMILES string of the molecule is Cl.O=C(Nc1cccc(COCC2CC2)c1)c1n[nH]c2c1CNCC2. The van der Waals surface area contributed by atoms with E-state index in [-0.39, 0.29) is 18.3 Å². The minimum atomic E-state index is -0.174. The highest BCUT2D eigenvalue weighted by molar-refractivity contribution is 6.04. The summed E-state index contributed by atoms with van der Waals surface area (Å²) >= 11 is 0. The van der Waals surface area contributed by atoms with Crippen LogP contribution in [0, 0.1) is 5.92 Å². The molecule has 134 valence electrons. The van der Waals surface area contributed by atoms with Gasteiger partial charge in [0.15, 0.2) is 5.69 Å². The molecule has 3 N–H and O–H groups in total. The first-order chi connectivity index (χ1) is 11.8. The standard InChI is InChI=1S/C18H22N4O2.ClH/c23-18(17-15-9-19-7-6-16(15)21-22-17)20-14-3-1-2-13(8-14)11-24-10-12-4-5-12;/h1-3,8,12,19H,4-7,9-11H2,(H,20,23)(H,21,22);1H. The van der Waals surface area contributed by atoms with Crippen LogP contribution in [0.5, 0.6) is 0 Å². The summed E-state index contributed by atoms with van der Waals surface area (Å²) in [6.45, 7) is 3.02. The maximum atomic E-state index is 12.5. The lowest BCUT2D eigenvalue weighted by molar-refractivity contribution is 0.102. The van der Waals surface area contributed by atoms with Gasteiger partial charge in [0, 0.05) is 43.1 Å². The molecule has 0 atom stereocenters. The molecule has 0 unspecified atom stereocenters. The van der Waals surface area contributed by atoms with Gasteiger partial charge in [-0.25, -0.2) is 0 Å². The number of carbonyl (C=O) groups is 1. The summed E-state index contributed by atoms with van der Waals surface area (Å²) in [6.07, 6.45) is 3.46. The summed E-state index contributed by atoms with van der Waals surface area (Å²) in [5.41, 5.74) is 4.35. The van der Waals surface area contributed by atoms with Crippen LogP contribution in [0.15, 0.2) is 24.3 Å². The molecule has 1 aromatic carbocycles. The van der Waals surface area contributed by atoms with Gasteiger partial charge < -0.3 is 15.4 Å². The van der Waals surface area contributed by atoms with Crippen LogP contribution in [0.2, 0.25) is 0 Å². The number of fused-ring (bicyclic) bond motifs is 1. The van der Waals surface area contributed by atoms with Crippen molar-refractivity contribution in [3.05, 3.63) is 46.8 Å². The number of ether oxygens (including phenoxy) is 1. The number of anilines is 1. The molecule has 4 rings (SSSR count). The fourth-order valence-corrected chi connectivity index (χ4v) is 2.97. The highest BCUT2D eigenvalue weighted by Crippen LogP contribution is 2.29. The largest absolute Gasteiger partial charge is 0.376 e. The van der Waals surface area contributed by atoms with Crippen LogP contribution in [-0.4, -0.2) is 29.3 Å². The Balaban J connectivity index is 0.00000182. The van der Waals surface area contributed by atoms with E-state index in [0.29, 0.717) is 18.8 Å². The second-order valence-corrected chi connectivity index (χ2v) is 6.57. The van der Waals surface area contributed by atoms with Gasteiger partial charge in [-0.05, 0) is 36.5 Å². The van der Waals surface area contributed by atoms with Gasteiger partial charge in [-0.3, -0.25) is 9.89 Å². The maximum absolute atomic E-state index is 12.5. The van der Waals surface area contributed by atoms with E-state index in [2.05, 4.69) is 20.8 Å². The number of nitrogens with one attached hydrogen (secondary N) is 3. The Morgan fingerprint density at radius 3 is 3.08 bits per heavy atom. The van der Waals surface area contributed by atoms with E-state index in [1.165, 1.54) is 12.8 Å². The van der Waals surface area contributed by atoms with E-state index in [0.717, 1.165) is 48.0 Å². The van der Waals surface area contributed by atoms with Crippen LogP contribution >= 0.6 is 12.4 Å². The minimum absolute atomic E-state index is 0. The molecular formula is C18H23ClN4O2. The van der Waals surface area contributed by atoms with Crippen LogP contribution in [0.1, 0.15) is 40.2 Å². The number of aromatic nitrogens is 2. The molecule has 0 saturated heterocycles. The van der Waals surface area contributed by atoms with Gasteiger partial charge in [0.25, 0.3) is 5.91 Å². The Kier molecular flexibility index (Phi) is 5.73. The quantitative estimate of drug-likeness (QED) is 0.738. The van der Waals surface area contributed by atoms with E-state index in [1.54, 1.807) is 0 Å². The number of hydrogen-bond donors (Lipinski definition) is 3. The Morgan fingerprint density at radius 2 is 2.24 bits per heavy atom. The van der Waals surface area contributed by atoms with Gasteiger partial charge in [-0.2, -0.15) is 5.10 Å². The average Bonchev–Trinajstić information content (AvgIpc) is 3.31. The van der Waals surface area contributed by atoms with Crippen LogP contribution < -0.4 is 10.6 Å². The van der Waals surface area contributed by atoms with Crippen LogP contribution in [0.3, 0.4) is 0 Å². The van der Waals surface area contributed by atoms with Crippen LogP contribution in [0.25, 0.3) is 0 Å². The van der Waals surface area contributed by atoms with Crippen molar-refractivity contribution in [2.24, 2.45) is 5.92 Å². The highest BCUT2D eigenvalue weighted by atomic mass is 35.5. The van der Waals surface area contributed by atoms with Crippen molar-refractivity contribution in [1.29, 1.82) is 0 Å². The molecule has 2 aliphatic rings. The van der Waals surface area contributed by atoms with Gasteiger partial charge in [0.2, 0.25) is 0 Å². The highest BCUT2D eigenvalue weighted by Gasteiger charge is 2.22. The molecule has 1 saturated carbocycles. The molecule has 2 heterocycles. The number of hydrogen-bond acceptors (Lipinski definition) is 4. The fraction of sp³-hybridized carbons (Fsp3) is 0.444. The maximum Gasteiger partial charge on any atom is 0.276 e. The molecule has 0 radical (unpaired) electrons. The van der Waals surface area contributed by atoms with Crippen LogP contribution in [0.4, 0.5) is 5.69 Å². The molecule has 1 aliphatic carbocycles. The van der Waals surface area contributed by atoms with Crippen molar-refractivity contribution in [3.8, 4) is 0 Å². The number of nitrogens with zero attached hydrogens (tertiary/aromatic N) is 1. The van der Waals surface area contributed by atoms with Gasteiger partial charge in [-0.15, -0.1) is 12.4 Å². The smallest absolute Gasteiger partial charge is 0.276 e. The number of amides is 1. The third kappa shape index (κ3) is 4.39. The first kappa shape index (κ1) is 17.9. The lowest BCUT2D eigenvalue weighted by Crippen LogP contribution is -2.25. The van der Waals surface area contributed by atoms with Crippen molar-refractivity contribution in [3.63, 3.8) is 0 Å². The monoisotopic (exact) mass is 362 g/mol. The molecule has 6 nitrogen and oxygen atoms in total. The molecule has 1 aliphatic heterocycles.